The molecule has 3 rings (SSSR count). The zero-order valence-electron chi connectivity index (χ0n) is 16.6. The summed E-state index contributed by atoms with van der Waals surface area (Å²) in [6, 6.07) is 12.7. The van der Waals surface area contributed by atoms with Crippen LogP contribution in [0, 0.1) is 0 Å². The number of esters is 2. The quantitative estimate of drug-likeness (QED) is 0.220. The number of fused-ring (bicyclic) bond motifs is 2. The van der Waals surface area contributed by atoms with Gasteiger partial charge in [0.05, 0.1) is 18.6 Å². The molecule has 0 unspecified atom stereocenters. The molecule has 0 N–H and O–H groups in total. The van der Waals surface area contributed by atoms with E-state index in [9.17, 15) is 14.4 Å². The number of carbonyl (C=O) groups excluding carboxylic acids is 2. The normalized spacial score (nSPS) is 10.7. The van der Waals surface area contributed by atoms with E-state index >= 15 is 0 Å². The van der Waals surface area contributed by atoms with Gasteiger partial charge in [-0.2, -0.15) is 0 Å². The van der Waals surface area contributed by atoms with Crippen molar-refractivity contribution in [2.75, 3.05) is 19.8 Å². The molecule has 2 aromatic carbocycles. The van der Waals surface area contributed by atoms with Crippen LogP contribution in [-0.2, 0) is 19.1 Å². The Morgan fingerprint density at radius 1 is 0.967 bits per heavy atom. The molecule has 1 heterocycles. The van der Waals surface area contributed by atoms with Crippen molar-refractivity contribution < 1.29 is 23.8 Å². The highest BCUT2D eigenvalue weighted by Gasteiger charge is 2.12. The summed E-state index contributed by atoms with van der Waals surface area (Å²) < 4.78 is 17.4. The molecule has 0 amide bonds. The van der Waals surface area contributed by atoms with Crippen LogP contribution in [0.1, 0.15) is 19.8 Å². The Hall–Kier alpha value is -3.19. The number of unbranched alkanes of at least 4 members (excludes halogenated alkanes) is 1. The van der Waals surface area contributed by atoms with Crippen molar-refractivity contribution in [1.29, 1.82) is 0 Å². The van der Waals surface area contributed by atoms with Gasteiger partial charge in [0, 0.05) is 20.4 Å². The molecule has 0 fully saturated rings. The van der Waals surface area contributed by atoms with E-state index in [2.05, 4.69) is 6.58 Å². The Morgan fingerprint density at radius 3 is 2.43 bits per heavy atom. The van der Waals surface area contributed by atoms with Crippen LogP contribution in [0.25, 0.3) is 20.2 Å². The van der Waals surface area contributed by atoms with Crippen molar-refractivity contribution in [2.45, 2.75) is 19.8 Å². The smallest absolute Gasteiger partial charge is 0.344 e. The molecule has 0 bridgehead atoms. The third-order valence-electron chi connectivity index (χ3n) is 4.30. The monoisotopic (exact) mass is 426 g/mol. The van der Waals surface area contributed by atoms with Gasteiger partial charge in [-0.3, -0.25) is 4.79 Å². The predicted molar refractivity (Wildman–Crippen MR) is 117 cm³/mol. The molecule has 3 aromatic rings. The third-order valence-corrected chi connectivity index (χ3v) is 5.43. The minimum atomic E-state index is -0.525. The van der Waals surface area contributed by atoms with Gasteiger partial charge in [0.15, 0.2) is 12.0 Å². The minimum Gasteiger partial charge on any atom is -0.481 e. The number of carbonyl (C=O) groups is 2. The Balaban J connectivity index is 1.54. The van der Waals surface area contributed by atoms with Crippen LogP contribution in [0.2, 0.25) is 0 Å². The fraction of sp³-hybridized carbons (Fsp3) is 0.261. The van der Waals surface area contributed by atoms with Gasteiger partial charge in [0.25, 0.3) is 0 Å². The molecule has 0 aliphatic rings. The lowest BCUT2D eigenvalue weighted by molar-refractivity contribution is -0.146. The van der Waals surface area contributed by atoms with Crippen molar-refractivity contribution in [2.24, 2.45) is 0 Å². The SMILES string of the molecule is C=C(C)C(=O)OCCCCOC(=O)COc1cccc2sc3ccccc3c(=O)c12. The van der Waals surface area contributed by atoms with Crippen molar-refractivity contribution in [3.8, 4) is 5.75 Å². The molecule has 156 valence electrons. The summed E-state index contributed by atoms with van der Waals surface area (Å²) in [6.45, 7) is 5.24. The molecular weight excluding hydrogens is 404 g/mol. The fourth-order valence-electron chi connectivity index (χ4n) is 2.79. The highest BCUT2D eigenvalue weighted by molar-refractivity contribution is 7.24. The first kappa shape index (κ1) is 21.5. The van der Waals surface area contributed by atoms with E-state index in [1.54, 1.807) is 25.1 Å². The third kappa shape index (κ3) is 5.24. The molecule has 1 aromatic heterocycles. The van der Waals surface area contributed by atoms with Crippen LogP contribution in [0.15, 0.2) is 59.4 Å². The largest absolute Gasteiger partial charge is 0.481 e. The van der Waals surface area contributed by atoms with Crippen LogP contribution in [0.5, 0.6) is 5.75 Å². The summed E-state index contributed by atoms with van der Waals surface area (Å²) in [5.41, 5.74) is 0.231. The minimum absolute atomic E-state index is 0.118. The lowest BCUT2D eigenvalue weighted by Crippen LogP contribution is -2.16. The molecule has 0 radical (unpaired) electrons. The van der Waals surface area contributed by atoms with E-state index in [0.717, 1.165) is 9.40 Å². The predicted octanol–water partition coefficient (Wildman–Crippen LogP) is 4.24. The van der Waals surface area contributed by atoms with Gasteiger partial charge in [-0.05, 0) is 44.0 Å². The van der Waals surface area contributed by atoms with Gasteiger partial charge in [0.1, 0.15) is 5.75 Å². The molecule has 0 aliphatic heterocycles. The Kier molecular flexibility index (Phi) is 7.19. The maximum Gasteiger partial charge on any atom is 0.344 e. The molecule has 0 spiro atoms. The number of hydrogen-bond acceptors (Lipinski definition) is 7. The topological polar surface area (TPSA) is 78.9 Å². The van der Waals surface area contributed by atoms with Crippen molar-refractivity contribution in [1.82, 2.24) is 0 Å². The fourth-order valence-corrected chi connectivity index (χ4v) is 3.89. The van der Waals surface area contributed by atoms with Crippen LogP contribution in [0.4, 0.5) is 0 Å². The van der Waals surface area contributed by atoms with Crippen LogP contribution in [0.3, 0.4) is 0 Å². The van der Waals surface area contributed by atoms with Gasteiger partial charge in [0.2, 0.25) is 0 Å². The maximum absolute atomic E-state index is 12.9. The Bertz CT molecular complexity index is 1150. The van der Waals surface area contributed by atoms with Gasteiger partial charge >= 0.3 is 11.9 Å². The second-order valence-corrected chi connectivity index (χ2v) is 7.77. The summed E-state index contributed by atoms with van der Waals surface area (Å²) >= 11 is 1.50. The van der Waals surface area contributed by atoms with E-state index in [4.69, 9.17) is 14.2 Å². The molecule has 6 nitrogen and oxygen atoms in total. The van der Waals surface area contributed by atoms with Crippen molar-refractivity contribution in [3.63, 3.8) is 0 Å². The standard InChI is InChI=1S/C23H22O6S/c1-15(2)23(26)28-13-6-5-12-27-20(24)14-29-17-9-7-11-19-21(17)22(25)16-8-3-4-10-18(16)30-19/h3-4,7-11H,1,5-6,12-14H2,2H3. The molecule has 7 heteroatoms. The van der Waals surface area contributed by atoms with E-state index in [1.165, 1.54) is 11.3 Å². The molecule has 0 saturated carbocycles. The summed E-state index contributed by atoms with van der Waals surface area (Å²) in [5.74, 6) is -0.590. The van der Waals surface area contributed by atoms with Gasteiger partial charge in [-0.25, -0.2) is 9.59 Å². The zero-order valence-corrected chi connectivity index (χ0v) is 17.5. The molecule has 0 atom stereocenters. The Labute approximate surface area is 177 Å². The lowest BCUT2D eigenvalue weighted by atomic mass is 10.1. The van der Waals surface area contributed by atoms with Crippen LogP contribution < -0.4 is 10.2 Å². The van der Waals surface area contributed by atoms with E-state index in [0.29, 0.717) is 34.9 Å². The van der Waals surface area contributed by atoms with E-state index in [-0.39, 0.29) is 25.2 Å². The number of benzene rings is 2. The summed E-state index contributed by atoms with van der Waals surface area (Å²) in [7, 11) is 0. The summed E-state index contributed by atoms with van der Waals surface area (Å²) in [4.78, 5) is 36.1. The first-order valence-corrected chi connectivity index (χ1v) is 10.3. The lowest BCUT2D eigenvalue weighted by Gasteiger charge is -2.10. The van der Waals surface area contributed by atoms with Gasteiger partial charge in [-0.15, -0.1) is 11.3 Å². The van der Waals surface area contributed by atoms with Crippen molar-refractivity contribution >= 4 is 43.4 Å². The number of hydrogen-bond donors (Lipinski definition) is 0. The Morgan fingerprint density at radius 2 is 1.67 bits per heavy atom. The number of rotatable bonds is 9. The second kappa shape index (κ2) is 10.0. The summed E-state index contributed by atoms with van der Waals surface area (Å²) in [5, 5.41) is 1.09. The van der Waals surface area contributed by atoms with Gasteiger partial charge < -0.3 is 14.2 Å². The molecule has 0 saturated heterocycles. The molecule has 30 heavy (non-hydrogen) atoms. The highest BCUT2D eigenvalue weighted by atomic mass is 32.1. The maximum atomic E-state index is 12.9. The first-order chi connectivity index (χ1) is 14.5. The van der Waals surface area contributed by atoms with E-state index in [1.807, 2.05) is 24.3 Å². The van der Waals surface area contributed by atoms with Crippen LogP contribution >= 0.6 is 11.3 Å². The second-order valence-electron chi connectivity index (χ2n) is 6.69. The average molecular weight is 426 g/mol. The van der Waals surface area contributed by atoms with Crippen LogP contribution in [-0.4, -0.2) is 31.8 Å². The highest BCUT2D eigenvalue weighted by Crippen LogP contribution is 2.30. The zero-order chi connectivity index (χ0) is 21.5. The van der Waals surface area contributed by atoms with E-state index < -0.39 is 11.9 Å². The first-order valence-electron chi connectivity index (χ1n) is 9.53. The molecular formula is C23H22O6S. The number of ether oxygens (including phenoxy) is 3. The van der Waals surface area contributed by atoms with Gasteiger partial charge in [-0.1, -0.05) is 24.8 Å². The van der Waals surface area contributed by atoms with Crippen molar-refractivity contribution in [3.05, 3.63) is 64.8 Å². The molecule has 0 aliphatic carbocycles. The average Bonchev–Trinajstić information content (AvgIpc) is 2.74. The summed E-state index contributed by atoms with van der Waals surface area (Å²) in [6.07, 6.45) is 1.13.